The molecule has 33 heavy (non-hydrogen) atoms. The molecule has 0 bridgehead atoms. The molecular weight excluding hydrogens is 442 g/mol. The summed E-state index contributed by atoms with van der Waals surface area (Å²) < 4.78 is 7.83. The van der Waals surface area contributed by atoms with Crippen LogP contribution in [0.2, 0.25) is 0 Å². The average Bonchev–Trinajstić information content (AvgIpc) is 3.30. The van der Waals surface area contributed by atoms with Gasteiger partial charge in [0.1, 0.15) is 12.2 Å². The van der Waals surface area contributed by atoms with E-state index >= 15 is 0 Å². The van der Waals surface area contributed by atoms with Gasteiger partial charge in [-0.25, -0.2) is 15.2 Å². The van der Waals surface area contributed by atoms with Crippen LogP contribution in [0.3, 0.4) is 0 Å². The highest BCUT2D eigenvalue weighted by molar-refractivity contribution is 5.82. The van der Waals surface area contributed by atoms with E-state index in [0.29, 0.717) is 5.56 Å². The summed E-state index contributed by atoms with van der Waals surface area (Å²) in [7, 11) is 0. The third-order valence-electron chi connectivity index (χ3n) is 4.95. The van der Waals surface area contributed by atoms with Gasteiger partial charge in [0, 0.05) is 18.0 Å². The van der Waals surface area contributed by atoms with Crippen LogP contribution in [0.1, 0.15) is 11.8 Å². The van der Waals surface area contributed by atoms with Gasteiger partial charge in [0.05, 0.1) is 12.9 Å². The number of hydrogen-bond acceptors (Lipinski definition) is 11. The summed E-state index contributed by atoms with van der Waals surface area (Å²) >= 11 is 0. The molecule has 16 nitrogen and oxygen atoms in total. The number of imidazole rings is 1. The molecular formula is C17H19N9O7. The van der Waals surface area contributed by atoms with Gasteiger partial charge in [-0.3, -0.25) is 33.5 Å². The van der Waals surface area contributed by atoms with Crippen LogP contribution in [0, 0.1) is 6.92 Å². The Morgan fingerprint density at radius 2 is 2.06 bits per heavy atom. The minimum atomic E-state index is -1.63. The summed E-state index contributed by atoms with van der Waals surface area (Å²) in [5.41, 5.74) is 6.17. The number of ether oxygens (including phenoxy) is 1. The van der Waals surface area contributed by atoms with E-state index in [9.17, 15) is 29.4 Å². The molecule has 4 heterocycles. The van der Waals surface area contributed by atoms with E-state index in [-0.39, 0.29) is 23.7 Å². The van der Waals surface area contributed by atoms with Crippen molar-refractivity contribution in [2.45, 2.75) is 38.0 Å². The highest BCUT2D eigenvalue weighted by atomic mass is 16.6. The molecule has 0 aliphatic carbocycles. The predicted molar refractivity (Wildman–Crippen MR) is 111 cm³/mol. The first-order valence-electron chi connectivity index (χ1n) is 9.53. The third kappa shape index (κ3) is 4.04. The summed E-state index contributed by atoms with van der Waals surface area (Å²) in [6.45, 7) is 1.47. The summed E-state index contributed by atoms with van der Waals surface area (Å²) in [6.07, 6.45) is -2.32. The molecule has 1 saturated heterocycles. The van der Waals surface area contributed by atoms with Gasteiger partial charge in [-0.1, -0.05) is 0 Å². The number of aromatic nitrogens is 6. The molecule has 0 radical (unpaired) electrons. The van der Waals surface area contributed by atoms with Crippen LogP contribution in [0.15, 0.2) is 32.0 Å². The second-order valence-electron chi connectivity index (χ2n) is 7.22. The molecule has 0 unspecified atom stereocenters. The SMILES string of the molecule is Cc1cn(C/C=N/NC(=O)[C@H]2O[C@@H](n3cnc4c(=O)[nH]c(N)nc43)[C@H](O)[C@@H]2O)c(=O)[nH]c1=O. The fraction of sp³-hybridized carbons (Fsp3) is 0.353. The zero-order valence-electron chi connectivity index (χ0n) is 17.0. The number of fused-ring (bicyclic) bond motifs is 1. The quantitative estimate of drug-likeness (QED) is 0.160. The number of aliphatic hydroxyl groups excluding tert-OH is 2. The average molecular weight is 461 g/mol. The molecule has 4 rings (SSSR count). The van der Waals surface area contributed by atoms with E-state index in [4.69, 9.17) is 10.5 Å². The Kier molecular flexibility index (Phi) is 5.62. The molecule has 0 spiro atoms. The van der Waals surface area contributed by atoms with E-state index in [0.717, 1.165) is 10.9 Å². The number of aliphatic hydroxyl groups is 2. The first-order valence-corrected chi connectivity index (χ1v) is 9.53. The van der Waals surface area contributed by atoms with Crippen molar-refractivity contribution in [1.29, 1.82) is 0 Å². The smallest absolute Gasteiger partial charge is 0.328 e. The molecule has 1 aliphatic rings. The zero-order valence-corrected chi connectivity index (χ0v) is 17.0. The van der Waals surface area contributed by atoms with Crippen molar-refractivity contribution >= 4 is 29.2 Å². The van der Waals surface area contributed by atoms with Gasteiger partial charge in [0.2, 0.25) is 5.95 Å². The van der Waals surface area contributed by atoms with E-state index in [1.54, 1.807) is 0 Å². The molecule has 1 aliphatic heterocycles. The van der Waals surface area contributed by atoms with Gasteiger partial charge in [0.15, 0.2) is 23.5 Å². The van der Waals surface area contributed by atoms with Crippen LogP contribution >= 0.6 is 0 Å². The van der Waals surface area contributed by atoms with Gasteiger partial charge < -0.3 is 20.7 Å². The second-order valence-corrected chi connectivity index (χ2v) is 7.22. The molecule has 3 aromatic heterocycles. The Morgan fingerprint density at radius 1 is 1.30 bits per heavy atom. The first-order chi connectivity index (χ1) is 15.7. The molecule has 0 aromatic carbocycles. The Morgan fingerprint density at radius 3 is 2.82 bits per heavy atom. The molecule has 1 amide bonds. The van der Waals surface area contributed by atoms with Crippen LogP contribution in [-0.4, -0.2) is 69.7 Å². The molecule has 1 fully saturated rings. The minimum Gasteiger partial charge on any atom is -0.387 e. The van der Waals surface area contributed by atoms with E-state index in [2.05, 4.69) is 30.5 Å². The molecule has 0 saturated carbocycles. The Hall–Kier alpha value is -4.15. The number of H-pyrrole nitrogens is 2. The van der Waals surface area contributed by atoms with Gasteiger partial charge in [0.25, 0.3) is 17.0 Å². The lowest BCUT2D eigenvalue weighted by atomic mass is 10.1. The molecule has 7 N–H and O–H groups in total. The number of carbonyl (C=O) groups is 1. The fourth-order valence-corrected chi connectivity index (χ4v) is 3.29. The zero-order chi connectivity index (χ0) is 23.9. The highest BCUT2D eigenvalue weighted by Gasteiger charge is 2.47. The number of nitrogens with one attached hydrogen (secondary N) is 3. The lowest BCUT2D eigenvalue weighted by Crippen LogP contribution is -2.41. The standard InChI is InChI=1S/C17H19N9O7/c1-6-4-25(17(32)23-12(6)29)3-2-20-24-14(31)10-8(27)9(28)15(33-10)26-5-19-7-11(26)21-16(18)22-13(7)30/h2,4-5,8-10,15,27-28H,3H2,1H3,(H,24,31)(H,23,29,32)(H3,18,21,22,30)/b20-2+/t8-,9+,10-,15+/m0/s1. The maximum absolute atomic E-state index is 12.4. The number of hydrogen-bond donors (Lipinski definition) is 6. The Bertz CT molecular complexity index is 1420. The summed E-state index contributed by atoms with van der Waals surface area (Å²) in [4.78, 5) is 59.7. The highest BCUT2D eigenvalue weighted by Crippen LogP contribution is 2.31. The number of anilines is 1. The molecule has 4 atom stereocenters. The molecule has 174 valence electrons. The number of nitrogens with two attached hydrogens (primary N) is 1. The van der Waals surface area contributed by atoms with Crippen LogP contribution < -0.4 is 28.0 Å². The van der Waals surface area contributed by atoms with Crippen molar-refractivity contribution in [3.63, 3.8) is 0 Å². The maximum Gasteiger partial charge on any atom is 0.328 e. The summed E-state index contributed by atoms with van der Waals surface area (Å²) in [6, 6.07) is 0. The first kappa shape index (κ1) is 22.1. The normalized spacial score (nSPS) is 22.9. The van der Waals surface area contributed by atoms with Gasteiger partial charge in [-0.15, -0.1) is 0 Å². The number of hydrazone groups is 1. The predicted octanol–water partition coefficient (Wildman–Crippen LogP) is -3.72. The van der Waals surface area contributed by atoms with Crippen molar-refractivity contribution in [2.75, 3.05) is 5.73 Å². The number of aromatic amines is 2. The third-order valence-corrected chi connectivity index (χ3v) is 4.95. The topological polar surface area (TPSA) is 236 Å². The van der Waals surface area contributed by atoms with Gasteiger partial charge in [-0.2, -0.15) is 10.1 Å². The molecule has 3 aromatic rings. The van der Waals surface area contributed by atoms with Crippen LogP contribution in [0.25, 0.3) is 11.2 Å². The second kappa shape index (κ2) is 8.41. The van der Waals surface area contributed by atoms with Crippen molar-refractivity contribution in [1.82, 2.24) is 34.5 Å². The number of carbonyl (C=O) groups excluding carboxylic acids is 1. The van der Waals surface area contributed by atoms with Crippen LogP contribution in [0.4, 0.5) is 5.95 Å². The number of aryl methyl sites for hydroxylation is 1. The minimum absolute atomic E-state index is 0.00628. The van der Waals surface area contributed by atoms with Crippen molar-refractivity contribution in [2.24, 2.45) is 5.10 Å². The number of nitrogens with zero attached hydrogens (tertiary/aromatic N) is 5. The Balaban J connectivity index is 1.46. The fourth-order valence-electron chi connectivity index (χ4n) is 3.29. The van der Waals surface area contributed by atoms with Gasteiger partial charge >= 0.3 is 5.69 Å². The summed E-state index contributed by atoms with van der Waals surface area (Å²) in [5, 5.41) is 24.4. The van der Waals surface area contributed by atoms with Crippen molar-refractivity contribution < 1.29 is 19.7 Å². The number of rotatable bonds is 5. The van der Waals surface area contributed by atoms with Crippen molar-refractivity contribution in [3.05, 3.63) is 49.3 Å². The number of nitrogen functional groups attached to an aromatic ring is 1. The monoisotopic (exact) mass is 461 g/mol. The molecule has 16 heteroatoms. The van der Waals surface area contributed by atoms with Gasteiger partial charge in [-0.05, 0) is 6.92 Å². The number of amides is 1. The maximum atomic E-state index is 12.4. The Labute approximate surface area is 182 Å². The summed E-state index contributed by atoms with van der Waals surface area (Å²) in [5.74, 6) is -1.07. The van der Waals surface area contributed by atoms with E-state index < -0.39 is 47.3 Å². The van der Waals surface area contributed by atoms with E-state index in [1.807, 2.05) is 0 Å². The van der Waals surface area contributed by atoms with Crippen LogP contribution in [0.5, 0.6) is 0 Å². The lowest BCUT2D eigenvalue weighted by Gasteiger charge is -2.16. The van der Waals surface area contributed by atoms with Crippen molar-refractivity contribution in [3.8, 4) is 0 Å². The lowest BCUT2D eigenvalue weighted by molar-refractivity contribution is -0.137. The van der Waals surface area contributed by atoms with Crippen LogP contribution in [-0.2, 0) is 16.1 Å². The largest absolute Gasteiger partial charge is 0.387 e. The van der Waals surface area contributed by atoms with E-state index in [1.165, 1.54) is 23.9 Å².